The lowest BCUT2D eigenvalue weighted by atomic mass is 9.83. The molecular formula is C21H13BrN2O2S. The Hall–Kier alpha value is -2.83. The van der Waals surface area contributed by atoms with Crippen LogP contribution in [0.15, 0.2) is 71.2 Å². The standard InChI is InChI=1S/C21H13BrN2O2S/c22-12-8-10-13(11-9-12)23-21(27)24-17-7-3-6-16-18(17)20(26)15-5-2-1-4-14(15)19(16)25/h1-11H,(H2,23,24,27). The van der Waals surface area contributed by atoms with Gasteiger partial charge in [0.05, 0.1) is 11.3 Å². The van der Waals surface area contributed by atoms with Crippen LogP contribution in [0.25, 0.3) is 0 Å². The van der Waals surface area contributed by atoms with Crippen LogP contribution in [-0.2, 0) is 0 Å². The van der Waals surface area contributed by atoms with Crippen molar-refractivity contribution in [3.8, 4) is 0 Å². The second-order valence-corrected chi connectivity index (χ2v) is 7.34. The summed E-state index contributed by atoms with van der Waals surface area (Å²) in [5, 5.41) is 6.46. The summed E-state index contributed by atoms with van der Waals surface area (Å²) in [6.45, 7) is 0. The monoisotopic (exact) mass is 436 g/mol. The highest BCUT2D eigenvalue weighted by molar-refractivity contribution is 9.10. The van der Waals surface area contributed by atoms with Gasteiger partial charge in [0.1, 0.15) is 0 Å². The zero-order valence-electron chi connectivity index (χ0n) is 14.0. The van der Waals surface area contributed by atoms with Crippen molar-refractivity contribution in [1.82, 2.24) is 0 Å². The van der Waals surface area contributed by atoms with E-state index in [-0.39, 0.29) is 11.6 Å². The van der Waals surface area contributed by atoms with Crippen LogP contribution in [-0.4, -0.2) is 16.7 Å². The molecule has 0 bridgehead atoms. The Morgan fingerprint density at radius 2 is 1.37 bits per heavy atom. The Kier molecular flexibility index (Phi) is 4.59. The molecule has 0 radical (unpaired) electrons. The molecule has 0 aromatic heterocycles. The summed E-state index contributed by atoms with van der Waals surface area (Å²) >= 11 is 8.76. The summed E-state index contributed by atoms with van der Waals surface area (Å²) < 4.78 is 0.965. The minimum absolute atomic E-state index is 0.157. The third kappa shape index (κ3) is 3.29. The smallest absolute Gasteiger partial charge is 0.196 e. The fourth-order valence-electron chi connectivity index (χ4n) is 3.07. The van der Waals surface area contributed by atoms with Gasteiger partial charge in [0.15, 0.2) is 16.7 Å². The molecule has 3 aromatic rings. The summed E-state index contributed by atoms with van der Waals surface area (Å²) in [7, 11) is 0. The van der Waals surface area contributed by atoms with E-state index in [0.29, 0.717) is 33.1 Å². The van der Waals surface area contributed by atoms with Gasteiger partial charge in [0.2, 0.25) is 0 Å². The zero-order chi connectivity index (χ0) is 19.0. The van der Waals surface area contributed by atoms with Crippen LogP contribution in [0.5, 0.6) is 0 Å². The molecule has 0 saturated carbocycles. The molecule has 0 fully saturated rings. The highest BCUT2D eigenvalue weighted by Gasteiger charge is 2.31. The van der Waals surface area contributed by atoms with Gasteiger partial charge in [-0.05, 0) is 42.5 Å². The number of rotatable bonds is 2. The van der Waals surface area contributed by atoms with E-state index < -0.39 is 0 Å². The van der Waals surface area contributed by atoms with Crippen LogP contribution in [0.2, 0.25) is 0 Å². The van der Waals surface area contributed by atoms with Crippen LogP contribution in [0.1, 0.15) is 31.8 Å². The molecule has 3 aromatic carbocycles. The fraction of sp³-hybridized carbons (Fsp3) is 0. The van der Waals surface area contributed by atoms with Gasteiger partial charge in [-0.3, -0.25) is 9.59 Å². The van der Waals surface area contributed by atoms with Crippen molar-refractivity contribution in [3.63, 3.8) is 0 Å². The lowest BCUT2D eigenvalue weighted by molar-refractivity contribution is 0.0979. The molecule has 0 heterocycles. The van der Waals surface area contributed by atoms with Crippen molar-refractivity contribution >= 4 is 56.2 Å². The Labute approximate surface area is 169 Å². The van der Waals surface area contributed by atoms with Crippen molar-refractivity contribution in [2.24, 2.45) is 0 Å². The Balaban J connectivity index is 1.66. The van der Waals surface area contributed by atoms with E-state index in [0.717, 1.165) is 10.2 Å². The fourth-order valence-corrected chi connectivity index (χ4v) is 3.56. The maximum absolute atomic E-state index is 13.0. The predicted octanol–water partition coefficient (Wildman–Crippen LogP) is 5.03. The predicted molar refractivity (Wildman–Crippen MR) is 114 cm³/mol. The molecule has 6 heteroatoms. The first-order valence-corrected chi connectivity index (χ1v) is 9.40. The zero-order valence-corrected chi connectivity index (χ0v) is 16.4. The van der Waals surface area contributed by atoms with E-state index in [1.807, 2.05) is 24.3 Å². The average molecular weight is 437 g/mol. The largest absolute Gasteiger partial charge is 0.332 e. The Morgan fingerprint density at radius 3 is 2.07 bits per heavy atom. The summed E-state index contributed by atoms with van der Waals surface area (Å²) in [5.41, 5.74) is 2.90. The number of ketones is 2. The van der Waals surface area contributed by atoms with Crippen molar-refractivity contribution in [3.05, 3.63) is 93.5 Å². The minimum Gasteiger partial charge on any atom is -0.332 e. The first-order valence-electron chi connectivity index (χ1n) is 8.19. The number of halogens is 1. The van der Waals surface area contributed by atoms with Gasteiger partial charge in [0.25, 0.3) is 0 Å². The number of carbonyl (C=O) groups is 2. The van der Waals surface area contributed by atoms with Gasteiger partial charge in [-0.1, -0.05) is 52.3 Å². The molecular weight excluding hydrogens is 424 g/mol. The number of carbonyl (C=O) groups excluding carboxylic acids is 2. The number of thiocarbonyl (C=S) groups is 1. The highest BCUT2D eigenvalue weighted by atomic mass is 79.9. The Bertz CT molecular complexity index is 1090. The summed E-state index contributed by atoms with van der Waals surface area (Å²) in [4.78, 5) is 25.8. The molecule has 1 aliphatic rings. The van der Waals surface area contributed by atoms with Crippen LogP contribution in [0, 0.1) is 0 Å². The van der Waals surface area contributed by atoms with Crippen LogP contribution >= 0.6 is 28.1 Å². The van der Waals surface area contributed by atoms with Crippen molar-refractivity contribution in [2.75, 3.05) is 10.6 Å². The third-order valence-corrected chi connectivity index (χ3v) is 5.04. The van der Waals surface area contributed by atoms with Gasteiger partial charge < -0.3 is 10.6 Å². The van der Waals surface area contributed by atoms with E-state index >= 15 is 0 Å². The molecule has 2 N–H and O–H groups in total. The Morgan fingerprint density at radius 1 is 0.741 bits per heavy atom. The summed E-state index contributed by atoms with van der Waals surface area (Å²) in [5.74, 6) is -0.342. The second-order valence-electron chi connectivity index (χ2n) is 6.02. The summed E-state index contributed by atoms with van der Waals surface area (Å²) in [6, 6.07) is 19.6. The number of nitrogens with one attached hydrogen (secondary N) is 2. The molecule has 0 spiro atoms. The molecule has 0 aliphatic heterocycles. The molecule has 4 nitrogen and oxygen atoms in total. The van der Waals surface area contributed by atoms with Crippen LogP contribution in [0.3, 0.4) is 0 Å². The van der Waals surface area contributed by atoms with Crippen LogP contribution < -0.4 is 10.6 Å². The minimum atomic E-state index is -0.185. The SMILES string of the molecule is O=C1c2ccccc2C(=O)c2c(NC(=S)Nc3ccc(Br)cc3)cccc21. The average Bonchev–Trinajstić information content (AvgIpc) is 2.68. The number of fused-ring (bicyclic) bond motifs is 2. The van der Waals surface area contributed by atoms with Crippen molar-refractivity contribution in [1.29, 1.82) is 0 Å². The lowest BCUT2D eigenvalue weighted by Gasteiger charge is -2.21. The topological polar surface area (TPSA) is 58.2 Å². The van der Waals surface area contributed by atoms with Gasteiger partial charge in [-0.2, -0.15) is 0 Å². The molecule has 27 heavy (non-hydrogen) atoms. The molecule has 0 atom stereocenters. The number of hydrogen-bond donors (Lipinski definition) is 2. The molecule has 4 rings (SSSR count). The maximum atomic E-state index is 13.0. The van der Waals surface area contributed by atoms with Gasteiger partial charge >= 0.3 is 0 Å². The molecule has 0 amide bonds. The number of hydrogen-bond acceptors (Lipinski definition) is 3. The molecule has 0 saturated heterocycles. The molecule has 1 aliphatic carbocycles. The van der Waals surface area contributed by atoms with E-state index in [1.165, 1.54) is 0 Å². The third-order valence-electron chi connectivity index (χ3n) is 4.30. The van der Waals surface area contributed by atoms with E-state index in [2.05, 4.69) is 26.6 Å². The molecule has 132 valence electrons. The summed E-state index contributed by atoms with van der Waals surface area (Å²) in [6.07, 6.45) is 0. The van der Waals surface area contributed by atoms with E-state index in [9.17, 15) is 9.59 Å². The second kappa shape index (κ2) is 7.06. The first-order chi connectivity index (χ1) is 13.0. The number of benzene rings is 3. The normalized spacial score (nSPS) is 12.2. The lowest BCUT2D eigenvalue weighted by Crippen LogP contribution is -2.25. The molecule has 0 unspecified atom stereocenters. The van der Waals surface area contributed by atoms with Gasteiger partial charge in [-0.25, -0.2) is 0 Å². The van der Waals surface area contributed by atoms with Crippen LogP contribution in [0.4, 0.5) is 11.4 Å². The van der Waals surface area contributed by atoms with Gasteiger partial charge in [0, 0.05) is 26.9 Å². The van der Waals surface area contributed by atoms with Gasteiger partial charge in [-0.15, -0.1) is 0 Å². The van der Waals surface area contributed by atoms with Crippen molar-refractivity contribution in [2.45, 2.75) is 0 Å². The first kappa shape index (κ1) is 17.6. The number of anilines is 2. The van der Waals surface area contributed by atoms with E-state index in [1.54, 1.807) is 42.5 Å². The maximum Gasteiger partial charge on any atom is 0.196 e. The van der Waals surface area contributed by atoms with Crippen molar-refractivity contribution < 1.29 is 9.59 Å². The highest BCUT2D eigenvalue weighted by Crippen LogP contribution is 2.32. The van der Waals surface area contributed by atoms with E-state index in [4.69, 9.17) is 12.2 Å². The quantitative estimate of drug-likeness (QED) is 0.431.